The van der Waals surface area contributed by atoms with E-state index in [-0.39, 0.29) is 6.61 Å². The van der Waals surface area contributed by atoms with Gasteiger partial charge in [-0.1, -0.05) is 29.8 Å². The highest BCUT2D eigenvalue weighted by Gasteiger charge is 2.08. The first-order chi connectivity index (χ1) is 7.20. The monoisotopic (exact) mass is 202 g/mol. The molecule has 0 saturated carbocycles. The number of hydrogen-bond donors (Lipinski definition) is 1. The van der Waals surface area contributed by atoms with Gasteiger partial charge in [-0.2, -0.15) is 5.10 Å². The largest absolute Gasteiger partial charge is 0.390 e. The van der Waals surface area contributed by atoms with Gasteiger partial charge in [-0.15, -0.1) is 0 Å². The van der Waals surface area contributed by atoms with E-state index in [4.69, 9.17) is 0 Å². The average Bonchev–Trinajstić information content (AvgIpc) is 2.59. The molecule has 1 heterocycles. The zero-order valence-electron chi connectivity index (χ0n) is 8.94. The zero-order chi connectivity index (χ0) is 10.8. The molecule has 2 aromatic rings. The molecule has 0 bridgehead atoms. The lowest BCUT2D eigenvalue weighted by Gasteiger charge is -2.00. The summed E-state index contributed by atoms with van der Waals surface area (Å²) >= 11 is 0. The number of rotatable bonds is 2. The second-order valence-corrected chi connectivity index (χ2v) is 3.69. The lowest BCUT2D eigenvalue weighted by Crippen LogP contribution is -1.90. The van der Waals surface area contributed by atoms with Gasteiger partial charge in [0.1, 0.15) is 0 Å². The first-order valence-corrected chi connectivity index (χ1v) is 4.91. The summed E-state index contributed by atoms with van der Waals surface area (Å²) in [5, 5.41) is 13.4. The third-order valence-corrected chi connectivity index (χ3v) is 2.38. The van der Waals surface area contributed by atoms with Crippen LogP contribution < -0.4 is 0 Å². The van der Waals surface area contributed by atoms with Crippen molar-refractivity contribution in [3.8, 4) is 11.1 Å². The summed E-state index contributed by atoms with van der Waals surface area (Å²) in [6.45, 7) is 2.03. The van der Waals surface area contributed by atoms with Gasteiger partial charge >= 0.3 is 0 Å². The minimum atomic E-state index is -0.0237. The highest BCUT2D eigenvalue weighted by Crippen LogP contribution is 2.23. The number of aromatic nitrogens is 2. The summed E-state index contributed by atoms with van der Waals surface area (Å²) in [5.74, 6) is 0. The summed E-state index contributed by atoms with van der Waals surface area (Å²) < 4.78 is 1.73. The van der Waals surface area contributed by atoms with E-state index in [0.29, 0.717) is 0 Å². The molecule has 78 valence electrons. The third kappa shape index (κ3) is 1.92. The predicted octanol–water partition coefficient (Wildman–Crippen LogP) is 1.89. The van der Waals surface area contributed by atoms with E-state index in [1.54, 1.807) is 4.68 Å². The molecule has 1 aromatic carbocycles. The van der Waals surface area contributed by atoms with Gasteiger partial charge in [-0.05, 0) is 12.5 Å². The Hall–Kier alpha value is -1.61. The summed E-state index contributed by atoms with van der Waals surface area (Å²) in [7, 11) is 1.86. The van der Waals surface area contributed by atoms with E-state index in [1.807, 2.05) is 25.4 Å². The van der Waals surface area contributed by atoms with Crippen LogP contribution in [0.5, 0.6) is 0 Å². The van der Waals surface area contributed by atoms with Gasteiger partial charge in [0.05, 0.1) is 12.3 Å². The topological polar surface area (TPSA) is 38.0 Å². The van der Waals surface area contributed by atoms with E-state index in [0.717, 1.165) is 16.8 Å². The molecule has 0 radical (unpaired) electrons. The Labute approximate surface area is 89.0 Å². The van der Waals surface area contributed by atoms with Crippen LogP contribution in [0.15, 0.2) is 30.5 Å². The fraction of sp³-hybridized carbons (Fsp3) is 0.250. The van der Waals surface area contributed by atoms with Crippen LogP contribution in [-0.4, -0.2) is 14.9 Å². The van der Waals surface area contributed by atoms with Crippen molar-refractivity contribution in [2.45, 2.75) is 13.5 Å². The van der Waals surface area contributed by atoms with Gasteiger partial charge in [0.15, 0.2) is 0 Å². The van der Waals surface area contributed by atoms with Crippen LogP contribution in [-0.2, 0) is 13.7 Å². The van der Waals surface area contributed by atoms with Crippen LogP contribution in [0.2, 0.25) is 0 Å². The summed E-state index contributed by atoms with van der Waals surface area (Å²) in [6, 6.07) is 8.19. The molecule has 15 heavy (non-hydrogen) atoms. The molecule has 3 heteroatoms. The van der Waals surface area contributed by atoms with Crippen LogP contribution in [0.1, 0.15) is 11.3 Å². The van der Waals surface area contributed by atoms with E-state index in [1.165, 1.54) is 5.56 Å². The van der Waals surface area contributed by atoms with Crippen LogP contribution >= 0.6 is 0 Å². The quantitative estimate of drug-likeness (QED) is 0.807. The second-order valence-electron chi connectivity index (χ2n) is 3.69. The van der Waals surface area contributed by atoms with Crippen molar-refractivity contribution in [3.05, 3.63) is 41.7 Å². The third-order valence-electron chi connectivity index (χ3n) is 2.38. The number of nitrogens with zero attached hydrogens (tertiary/aromatic N) is 2. The molecule has 0 aliphatic heterocycles. The summed E-state index contributed by atoms with van der Waals surface area (Å²) in [6.07, 6.45) is 1.93. The summed E-state index contributed by atoms with van der Waals surface area (Å²) in [5.41, 5.74) is 4.04. The molecule has 1 aromatic heterocycles. The lowest BCUT2D eigenvalue weighted by molar-refractivity contribution is 0.276. The first kappa shape index (κ1) is 9.93. The zero-order valence-corrected chi connectivity index (χ0v) is 8.94. The van der Waals surface area contributed by atoms with Crippen molar-refractivity contribution in [1.29, 1.82) is 0 Å². The lowest BCUT2D eigenvalue weighted by atomic mass is 10.0. The normalized spacial score (nSPS) is 10.6. The van der Waals surface area contributed by atoms with Crippen molar-refractivity contribution >= 4 is 0 Å². The number of aliphatic hydroxyl groups excluding tert-OH is 1. The first-order valence-electron chi connectivity index (χ1n) is 4.91. The number of aliphatic hydroxyl groups is 1. The molecule has 3 nitrogen and oxygen atoms in total. The molecule has 0 atom stereocenters. The smallest absolute Gasteiger partial charge is 0.0957 e. The number of aryl methyl sites for hydroxylation is 2. The van der Waals surface area contributed by atoms with Crippen molar-refractivity contribution in [2.24, 2.45) is 7.05 Å². The predicted molar refractivity (Wildman–Crippen MR) is 59.3 cm³/mol. The van der Waals surface area contributed by atoms with Crippen molar-refractivity contribution < 1.29 is 5.11 Å². The maximum absolute atomic E-state index is 9.19. The van der Waals surface area contributed by atoms with Gasteiger partial charge in [0, 0.05) is 18.8 Å². The molecule has 0 aliphatic carbocycles. The fourth-order valence-electron chi connectivity index (χ4n) is 1.71. The maximum Gasteiger partial charge on any atom is 0.0957 e. The average molecular weight is 202 g/mol. The molecule has 0 saturated heterocycles. The van der Waals surface area contributed by atoms with Gasteiger partial charge in [0.2, 0.25) is 0 Å². The van der Waals surface area contributed by atoms with Gasteiger partial charge < -0.3 is 5.11 Å². The van der Waals surface area contributed by atoms with Crippen molar-refractivity contribution in [2.75, 3.05) is 0 Å². The highest BCUT2D eigenvalue weighted by molar-refractivity contribution is 5.65. The van der Waals surface area contributed by atoms with E-state index >= 15 is 0 Å². The van der Waals surface area contributed by atoms with Crippen LogP contribution in [0.3, 0.4) is 0 Å². The minimum absolute atomic E-state index is 0.0237. The Bertz CT molecular complexity index is 474. The van der Waals surface area contributed by atoms with Gasteiger partial charge in [0.25, 0.3) is 0 Å². The SMILES string of the molecule is Cc1cccc(-c2cn(C)nc2CO)c1. The molecule has 2 rings (SSSR count). The Balaban J connectivity index is 2.53. The Kier molecular flexibility index (Phi) is 2.56. The molecule has 0 aliphatic rings. The molecule has 1 N–H and O–H groups in total. The molecule has 0 unspecified atom stereocenters. The Morgan fingerprint density at radius 1 is 1.40 bits per heavy atom. The Morgan fingerprint density at radius 3 is 2.87 bits per heavy atom. The standard InChI is InChI=1S/C12H14N2O/c1-9-4-3-5-10(6-9)11-7-14(2)13-12(11)8-15/h3-7,15H,8H2,1-2H3. The second kappa shape index (κ2) is 3.87. The molecule has 0 amide bonds. The number of hydrogen-bond acceptors (Lipinski definition) is 2. The Morgan fingerprint density at radius 2 is 2.20 bits per heavy atom. The van der Waals surface area contributed by atoms with Gasteiger partial charge in [-0.25, -0.2) is 0 Å². The minimum Gasteiger partial charge on any atom is -0.390 e. The van der Waals surface area contributed by atoms with Crippen molar-refractivity contribution in [1.82, 2.24) is 9.78 Å². The van der Waals surface area contributed by atoms with Crippen LogP contribution in [0, 0.1) is 6.92 Å². The van der Waals surface area contributed by atoms with E-state index in [9.17, 15) is 5.11 Å². The number of benzene rings is 1. The maximum atomic E-state index is 9.19. The fourth-order valence-corrected chi connectivity index (χ4v) is 1.71. The molecular weight excluding hydrogens is 188 g/mol. The van der Waals surface area contributed by atoms with Crippen LogP contribution in [0.25, 0.3) is 11.1 Å². The molecule has 0 fully saturated rings. The molecular formula is C12H14N2O. The molecule has 0 spiro atoms. The van der Waals surface area contributed by atoms with Crippen molar-refractivity contribution in [3.63, 3.8) is 0 Å². The van der Waals surface area contributed by atoms with E-state index in [2.05, 4.69) is 24.2 Å². The van der Waals surface area contributed by atoms with Gasteiger partial charge in [-0.3, -0.25) is 4.68 Å². The summed E-state index contributed by atoms with van der Waals surface area (Å²) in [4.78, 5) is 0. The van der Waals surface area contributed by atoms with E-state index < -0.39 is 0 Å². The van der Waals surface area contributed by atoms with Crippen LogP contribution in [0.4, 0.5) is 0 Å². The highest BCUT2D eigenvalue weighted by atomic mass is 16.3.